The Labute approximate surface area is 208 Å². The Balaban J connectivity index is 0.000000404. The second kappa shape index (κ2) is 14.9. The van der Waals surface area contributed by atoms with Crippen LogP contribution < -0.4 is 4.90 Å². The zero-order chi connectivity index (χ0) is 28.1. The van der Waals surface area contributed by atoms with Crippen LogP contribution in [0, 0.1) is 0 Å². The van der Waals surface area contributed by atoms with Gasteiger partial charge in [-0.05, 0) is 18.1 Å². The maximum Gasteiger partial charge on any atom is 0.490 e. The summed E-state index contributed by atoms with van der Waals surface area (Å²) in [4.78, 5) is 31.3. The van der Waals surface area contributed by atoms with Crippen LogP contribution in [-0.2, 0) is 14.3 Å². The summed E-state index contributed by atoms with van der Waals surface area (Å²) in [5.41, 5.74) is 1.24. The molecule has 0 spiro atoms. The van der Waals surface area contributed by atoms with Crippen molar-refractivity contribution in [2.45, 2.75) is 24.9 Å². The molecular weight excluding hydrogens is 514 g/mol. The molecular formula is C22H26F6N4O5. The Morgan fingerprint density at radius 1 is 0.892 bits per heavy atom. The van der Waals surface area contributed by atoms with Crippen molar-refractivity contribution in [2.24, 2.45) is 0 Å². The van der Waals surface area contributed by atoms with Gasteiger partial charge in [0.15, 0.2) is 0 Å². The van der Waals surface area contributed by atoms with E-state index in [1.165, 1.54) is 5.56 Å². The van der Waals surface area contributed by atoms with Crippen molar-refractivity contribution in [3.8, 4) is 0 Å². The van der Waals surface area contributed by atoms with Crippen molar-refractivity contribution in [1.82, 2.24) is 14.9 Å². The van der Waals surface area contributed by atoms with Gasteiger partial charge in [0.05, 0.1) is 6.10 Å². The zero-order valence-corrected chi connectivity index (χ0v) is 19.6. The first-order valence-electron chi connectivity index (χ1n) is 10.7. The highest BCUT2D eigenvalue weighted by atomic mass is 19.4. The van der Waals surface area contributed by atoms with Crippen molar-refractivity contribution in [2.75, 3.05) is 44.7 Å². The largest absolute Gasteiger partial charge is 0.490 e. The number of aliphatic carboxylic acids is 2. The highest BCUT2D eigenvalue weighted by molar-refractivity contribution is 5.73. The lowest BCUT2D eigenvalue weighted by Crippen LogP contribution is -2.34. The highest BCUT2D eigenvalue weighted by Gasteiger charge is 2.38. The van der Waals surface area contributed by atoms with E-state index in [-0.39, 0.29) is 6.10 Å². The van der Waals surface area contributed by atoms with Crippen LogP contribution in [0.1, 0.15) is 18.1 Å². The standard InChI is InChI=1S/C18H24N4O.2C2HF3O2/c1-23-17(16-7-3-2-4-8-16)15-21-11-6-12-22(14-13-21)18-19-9-5-10-20-18;2*3-2(4,5)1(6)7/h2-5,7-10,17H,6,11-15H2,1H3;2*(H,6,7)/t17-;;/m0../s1. The van der Waals surface area contributed by atoms with E-state index in [0.29, 0.717) is 0 Å². The number of carbonyl (C=O) groups is 2. The van der Waals surface area contributed by atoms with E-state index < -0.39 is 24.3 Å². The number of hydrogen-bond acceptors (Lipinski definition) is 7. The number of methoxy groups -OCH3 is 1. The number of carboxylic acid groups (broad SMARTS) is 2. The van der Waals surface area contributed by atoms with Gasteiger partial charge in [-0.15, -0.1) is 0 Å². The lowest BCUT2D eigenvalue weighted by molar-refractivity contribution is -0.193. The number of rotatable bonds is 5. The number of nitrogens with zero attached hydrogens (tertiary/aromatic N) is 4. The minimum absolute atomic E-state index is 0.121. The average molecular weight is 540 g/mol. The molecule has 2 heterocycles. The smallest absolute Gasteiger partial charge is 0.475 e. The van der Waals surface area contributed by atoms with Gasteiger partial charge in [-0.1, -0.05) is 30.3 Å². The third-order valence-electron chi connectivity index (χ3n) is 4.79. The Bertz CT molecular complexity index is 924. The fraction of sp³-hybridized carbons (Fsp3) is 0.455. The maximum atomic E-state index is 10.6. The summed E-state index contributed by atoms with van der Waals surface area (Å²) >= 11 is 0. The number of aromatic nitrogens is 2. The summed E-state index contributed by atoms with van der Waals surface area (Å²) in [5.74, 6) is -4.68. The summed E-state index contributed by atoms with van der Waals surface area (Å²) in [6, 6.07) is 12.3. The SMILES string of the molecule is CO[C@@H](CN1CCCN(c2ncccn2)CC1)c1ccccc1.O=C(O)C(F)(F)F.O=C(O)C(F)(F)F. The quantitative estimate of drug-likeness (QED) is 0.549. The molecule has 206 valence electrons. The predicted molar refractivity (Wildman–Crippen MR) is 119 cm³/mol. The molecule has 1 aliphatic rings. The highest BCUT2D eigenvalue weighted by Crippen LogP contribution is 2.19. The molecule has 0 unspecified atom stereocenters. The zero-order valence-electron chi connectivity index (χ0n) is 19.6. The van der Waals surface area contributed by atoms with Crippen molar-refractivity contribution >= 4 is 17.9 Å². The lowest BCUT2D eigenvalue weighted by Gasteiger charge is -2.26. The number of benzene rings is 1. The van der Waals surface area contributed by atoms with Crippen LogP contribution in [0.15, 0.2) is 48.8 Å². The maximum absolute atomic E-state index is 10.6. The molecule has 1 atom stereocenters. The summed E-state index contributed by atoms with van der Waals surface area (Å²) < 4.78 is 69.2. The van der Waals surface area contributed by atoms with E-state index in [1.54, 1.807) is 19.5 Å². The van der Waals surface area contributed by atoms with Gasteiger partial charge in [-0.25, -0.2) is 19.6 Å². The normalized spacial score (nSPS) is 15.3. The molecule has 37 heavy (non-hydrogen) atoms. The molecule has 15 heteroatoms. The number of alkyl halides is 6. The van der Waals surface area contributed by atoms with Gasteiger partial charge in [-0.3, -0.25) is 4.90 Å². The number of hydrogen-bond donors (Lipinski definition) is 2. The number of anilines is 1. The van der Waals surface area contributed by atoms with Crippen molar-refractivity contribution in [1.29, 1.82) is 0 Å². The summed E-state index contributed by atoms with van der Waals surface area (Å²) in [5, 5.41) is 14.2. The molecule has 0 bridgehead atoms. The molecule has 1 saturated heterocycles. The molecule has 1 aromatic carbocycles. The molecule has 0 aliphatic carbocycles. The molecule has 0 amide bonds. The first-order valence-corrected chi connectivity index (χ1v) is 10.7. The fourth-order valence-corrected chi connectivity index (χ4v) is 3.03. The lowest BCUT2D eigenvalue weighted by atomic mass is 10.1. The van der Waals surface area contributed by atoms with Gasteiger partial charge in [0, 0.05) is 52.2 Å². The van der Waals surface area contributed by atoms with Crippen molar-refractivity contribution < 1.29 is 50.9 Å². The average Bonchev–Trinajstić information content (AvgIpc) is 3.09. The first-order chi connectivity index (χ1) is 17.3. The van der Waals surface area contributed by atoms with Crippen LogP contribution in [0.25, 0.3) is 0 Å². The Kier molecular flexibility index (Phi) is 12.8. The van der Waals surface area contributed by atoms with E-state index in [0.717, 1.165) is 45.1 Å². The van der Waals surface area contributed by atoms with Crippen LogP contribution in [0.3, 0.4) is 0 Å². The number of ether oxygens (including phenoxy) is 1. The topological polar surface area (TPSA) is 116 Å². The Hall–Kier alpha value is -3.46. The number of halogens is 6. The van der Waals surface area contributed by atoms with Gasteiger partial charge < -0.3 is 19.8 Å². The molecule has 2 aromatic rings. The molecule has 2 N–H and O–H groups in total. The van der Waals surface area contributed by atoms with E-state index in [4.69, 9.17) is 24.5 Å². The molecule has 3 rings (SSSR count). The van der Waals surface area contributed by atoms with E-state index >= 15 is 0 Å². The van der Waals surface area contributed by atoms with E-state index in [1.807, 2.05) is 12.1 Å². The van der Waals surface area contributed by atoms with Crippen molar-refractivity contribution in [3.63, 3.8) is 0 Å². The van der Waals surface area contributed by atoms with Crippen molar-refractivity contribution in [3.05, 3.63) is 54.4 Å². The fourth-order valence-electron chi connectivity index (χ4n) is 3.03. The molecule has 9 nitrogen and oxygen atoms in total. The minimum atomic E-state index is -5.08. The summed E-state index contributed by atoms with van der Waals surface area (Å²) in [7, 11) is 1.79. The van der Waals surface area contributed by atoms with E-state index in [9.17, 15) is 26.3 Å². The molecule has 1 aromatic heterocycles. The second-order valence-electron chi connectivity index (χ2n) is 7.43. The van der Waals surface area contributed by atoms with Crippen LogP contribution in [0.4, 0.5) is 32.3 Å². The van der Waals surface area contributed by atoms with Crippen LogP contribution >= 0.6 is 0 Å². The summed E-state index contributed by atoms with van der Waals surface area (Å²) in [6.45, 7) is 4.96. The van der Waals surface area contributed by atoms with Gasteiger partial charge in [-0.2, -0.15) is 26.3 Å². The molecule has 0 saturated carbocycles. The van der Waals surface area contributed by atoms with Gasteiger partial charge in [0.25, 0.3) is 0 Å². The monoisotopic (exact) mass is 540 g/mol. The third-order valence-corrected chi connectivity index (χ3v) is 4.79. The van der Waals surface area contributed by atoms with Gasteiger partial charge in [0.1, 0.15) is 0 Å². The Morgan fingerprint density at radius 2 is 1.41 bits per heavy atom. The minimum Gasteiger partial charge on any atom is -0.475 e. The number of carboxylic acids is 2. The first kappa shape index (κ1) is 31.6. The molecule has 1 fully saturated rings. The molecule has 0 radical (unpaired) electrons. The Morgan fingerprint density at radius 3 is 1.86 bits per heavy atom. The van der Waals surface area contributed by atoms with E-state index in [2.05, 4.69) is 44.0 Å². The summed E-state index contributed by atoms with van der Waals surface area (Å²) in [6.07, 6.45) is -5.32. The third kappa shape index (κ3) is 12.4. The second-order valence-corrected chi connectivity index (χ2v) is 7.43. The van der Waals surface area contributed by atoms with Crippen LogP contribution in [0.2, 0.25) is 0 Å². The van der Waals surface area contributed by atoms with Crippen LogP contribution in [-0.4, -0.2) is 89.2 Å². The molecule has 1 aliphatic heterocycles. The van der Waals surface area contributed by atoms with Crippen LogP contribution in [0.5, 0.6) is 0 Å². The predicted octanol–water partition coefficient (Wildman–Crippen LogP) is 3.64. The van der Waals surface area contributed by atoms with Gasteiger partial charge >= 0.3 is 24.3 Å². The van der Waals surface area contributed by atoms with Gasteiger partial charge in [0.2, 0.25) is 5.95 Å².